The normalized spacial score (nSPS) is 11.2. The number of pyridine rings is 1. The molecule has 1 N–H and O–H groups in total. The van der Waals surface area contributed by atoms with Crippen LogP contribution in [-0.4, -0.2) is 24.8 Å². The summed E-state index contributed by atoms with van der Waals surface area (Å²) in [5.74, 6) is 0.791. The van der Waals surface area contributed by atoms with Gasteiger partial charge in [0, 0.05) is 24.2 Å². The van der Waals surface area contributed by atoms with E-state index in [2.05, 4.69) is 29.1 Å². The highest BCUT2D eigenvalue weighted by Crippen LogP contribution is 2.17. The number of hydrogen-bond donors (Lipinski definition) is 1. The van der Waals surface area contributed by atoms with Crippen molar-refractivity contribution in [1.82, 2.24) is 18.9 Å². The van der Waals surface area contributed by atoms with E-state index >= 15 is 0 Å². The molecule has 0 atom stereocenters. The lowest BCUT2D eigenvalue weighted by molar-refractivity contribution is 0.102. The summed E-state index contributed by atoms with van der Waals surface area (Å²) in [7, 11) is 0. The van der Waals surface area contributed by atoms with Gasteiger partial charge in [0.15, 0.2) is 5.82 Å². The average Bonchev–Trinajstić information content (AvgIpc) is 3.30. The summed E-state index contributed by atoms with van der Waals surface area (Å²) < 4.78 is 3.79. The molecule has 6 heteroatoms. The smallest absolute Gasteiger partial charge is 0.256 e. The zero-order chi connectivity index (χ0) is 18.1. The molecule has 0 fully saturated rings. The van der Waals surface area contributed by atoms with Crippen LogP contribution in [0.5, 0.6) is 0 Å². The number of anilines is 1. The fourth-order valence-electron chi connectivity index (χ4n) is 2.81. The van der Waals surface area contributed by atoms with Crippen LogP contribution in [0.15, 0.2) is 67.5 Å². The molecular formula is C20H19N5O. The third-order valence-corrected chi connectivity index (χ3v) is 4.32. The van der Waals surface area contributed by atoms with E-state index in [0.717, 1.165) is 11.3 Å². The second-order valence-corrected chi connectivity index (χ2v) is 6.48. The minimum atomic E-state index is -0.168. The van der Waals surface area contributed by atoms with Crippen molar-refractivity contribution in [2.45, 2.75) is 19.8 Å². The van der Waals surface area contributed by atoms with E-state index in [1.54, 1.807) is 18.7 Å². The van der Waals surface area contributed by atoms with Crippen molar-refractivity contribution in [3.8, 4) is 5.69 Å². The lowest BCUT2D eigenvalue weighted by atomic mass is 10.0. The monoisotopic (exact) mass is 345 g/mol. The Kier molecular flexibility index (Phi) is 4.01. The second-order valence-electron chi connectivity index (χ2n) is 6.48. The Labute approximate surface area is 151 Å². The van der Waals surface area contributed by atoms with Crippen molar-refractivity contribution in [3.05, 3.63) is 78.6 Å². The Bertz CT molecular complexity index is 1050. The first kappa shape index (κ1) is 16.1. The molecule has 0 saturated heterocycles. The zero-order valence-corrected chi connectivity index (χ0v) is 14.6. The molecular weight excluding hydrogens is 326 g/mol. The van der Waals surface area contributed by atoms with Crippen molar-refractivity contribution in [2.75, 3.05) is 5.32 Å². The maximum absolute atomic E-state index is 12.5. The summed E-state index contributed by atoms with van der Waals surface area (Å²) in [6.07, 6.45) is 9.09. The third kappa shape index (κ3) is 3.09. The number of aromatic nitrogens is 4. The molecule has 1 amide bonds. The van der Waals surface area contributed by atoms with Crippen LogP contribution >= 0.6 is 0 Å². The number of carbonyl (C=O) groups excluding carboxylic acids is 1. The largest absolute Gasteiger partial charge is 0.305 e. The molecule has 0 saturated carbocycles. The molecule has 130 valence electrons. The number of benzene rings is 1. The van der Waals surface area contributed by atoms with E-state index in [4.69, 9.17) is 0 Å². The molecule has 4 aromatic rings. The number of nitrogens with one attached hydrogen (secondary N) is 1. The molecule has 3 heterocycles. The van der Waals surface area contributed by atoms with Crippen LogP contribution in [0.1, 0.15) is 35.7 Å². The van der Waals surface area contributed by atoms with E-state index in [1.165, 1.54) is 5.56 Å². The minimum Gasteiger partial charge on any atom is -0.305 e. The van der Waals surface area contributed by atoms with Gasteiger partial charge in [-0.2, -0.15) is 0 Å². The van der Waals surface area contributed by atoms with Crippen LogP contribution in [0.3, 0.4) is 0 Å². The van der Waals surface area contributed by atoms with E-state index in [0.29, 0.717) is 17.3 Å². The molecule has 0 aliphatic carbocycles. The average molecular weight is 345 g/mol. The van der Waals surface area contributed by atoms with Crippen LogP contribution in [0.25, 0.3) is 11.3 Å². The quantitative estimate of drug-likeness (QED) is 0.610. The van der Waals surface area contributed by atoms with Crippen molar-refractivity contribution in [3.63, 3.8) is 0 Å². The third-order valence-electron chi connectivity index (χ3n) is 4.32. The molecule has 26 heavy (non-hydrogen) atoms. The van der Waals surface area contributed by atoms with Gasteiger partial charge in [-0.25, -0.2) is 9.97 Å². The molecule has 6 nitrogen and oxygen atoms in total. The van der Waals surface area contributed by atoms with E-state index in [9.17, 15) is 4.79 Å². The number of imidazole rings is 2. The number of fused-ring (bicyclic) bond motifs is 1. The molecule has 0 spiro atoms. The van der Waals surface area contributed by atoms with Gasteiger partial charge in [-0.3, -0.25) is 4.79 Å². The van der Waals surface area contributed by atoms with Crippen molar-refractivity contribution in [1.29, 1.82) is 0 Å². The van der Waals surface area contributed by atoms with Gasteiger partial charge in [0.05, 0.1) is 18.2 Å². The van der Waals surface area contributed by atoms with Gasteiger partial charge in [-0.1, -0.05) is 26.0 Å². The fourth-order valence-corrected chi connectivity index (χ4v) is 2.81. The summed E-state index contributed by atoms with van der Waals surface area (Å²) in [6.45, 7) is 4.26. The molecule has 4 rings (SSSR count). The summed E-state index contributed by atoms with van der Waals surface area (Å²) in [5, 5.41) is 2.86. The summed E-state index contributed by atoms with van der Waals surface area (Å²) in [5.41, 5.74) is 3.56. The van der Waals surface area contributed by atoms with Crippen LogP contribution < -0.4 is 5.32 Å². The minimum absolute atomic E-state index is 0.168. The number of amides is 1. The van der Waals surface area contributed by atoms with E-state index < -0.39 is 0 Å². The lowest BCUT2D eigenvalue weighted by Crippen LogP contribution is -2.12. The highest BCUT2D eigenvalue weighted by atomic mass is 16.1. The predicted molar refractivity (Wildman–Crippen MR) is 101 cm³/mol. The zero-order valence-electron chi connectivity index (χ0n) is 14.6. The van der Waals surface area contributed by atoms with Crippen molar-refractivity contribution < 1.29 is 4.79 Å². The van der Waals surface area contributed by atoms with Gasteiger partial charge in [0.25, 0.3) is 5.91 Å². The number of nitrogens with zero attached hydrogens (tertiary/aromatic N) is 4. The molecule has 0 radical (unpaired) electrons. The van der Waals surface area contributed by atoms with Crippen molar-refractivity contribution >= 4 is 17.4 Å². The Morgan fingerprint density at radius 3 is 2.58 bits per heavy atom. The summed E-state index contributed by atoms with van der Waals surface area (Å²) in [6, 6.07) is 11.5. The second kappa shape index (κ2) is 6.48. The van der Waals surface area contributed by atoms with E-state index in [-0.39, 0.29) is 5.91 Å². The number of rotatable bonds is 4. The Morgan fingerprint density at radius 1 is 1.08 bits per heavy atom. The topological polar surface area (TPSA) is 64.2 Å². The predicted octanol–water partition coefficient (Wildman–Crippen LogP) is 3.90. The molecule has 0 aliphatic heterocycles. The highest BCUT2D eigenvalue weighted by molar-refractivity contribution is 6.03. The van der Waals surface area contributed by atoms with E-state index in [1.807, 2.05) is 57.8 Å². The van der Waals surface area contributed by atoms with Crippen LogP contribution in [0.4, 0.5) is 5.82 Å². The van der Waals surface area contributed by atoms with Gasteiger partial charge in [-0.05, 0) is 35.7 Å². The Balaban J connectivity index is 1.56. The molecule has 3 aromatic heterocycles. The SMILES string of the molecule is CC(C)c1ccc(C(=O)Nc2cn3cc(-n4ccnc4)ccc3n2)cc1. The first-order chi connectivity index (χ1) is 12.6. The standard InChI is InChI=1S/C20H19N5O/c1-14(2)15-3-5-16(6-4-15)20(26)23-18-12-25-11-17(7-8-19(25)22-18)24-10-9-21-13-24/h3-14H,1-2H3,(H,23,26). The molecule has 0 bridgehead atoms. The van der Waals surface area contributed by atoms with Gasteiger partial charge in [0.2, 0.25) is 0 Å². The first-order valence-electron chi connectivity index (χ1n) is 8.48. The molecule has 0 aliphatic rings. The number of hydrogen-bond acceptors (Lipinski definition) is 3. The first-order valence-corrected chi connectivity index (χ1v) is 8.48. The maximum atomic E-state index is 12.5. The van der Waals surface area contributed by atoms with Crippen LogP contribution in [0.2, 0.25) is 0 Å². The number of carbonyl (C=O) groups is 1. The molecule has 1 aromatic carbocycles. The Hall–Kier alpha value is -3.41. The fraction of sp³-hybridized carbons (Fsp3) is 0.150. The molecule has 0 unspecified atom stereocenters. The lowest BCUT2D eigenvalue weighted by Gasteiger charge is -2.06. The Morgan fingerprint density at radius 2 is 1.88 bits per heavy atom. The van der Waals surface area contributed by atoms with Crippen LogP contribution in [0, 0.1) is 0 Å². The van der Waals surface area contributed by atoms with Gasteiger partial charge < -0.3 is 14.3 Å². The van der Waals surface area contributed by atoms with Crippen LogP contribution in [-0.2, 0) is 0 Å². The van der Waals surface area contributed by atoms with Gasteiger partial charge >= 0.3 is 0 Å². The highest BCUT2D eigenvalue weighted by Gasteiger charge is 2.10. The van der Waals surface area contributed by atoms with Crippen molar-refractivity contribution in [2.24, 2.45) is 0 Å². The summed E-state index contributed by atoms with van der Waals surface area (Å²) >= 11 is 0. The maximum Gasteiger partial charge on any atom is 0.256 e. The van der Waals surface area contributed by atoms with Gasteiger partial charge in [0.1, 0.15) is 5.65 Å². The van der Waals surface area contributed by atoms with Gasteiger partial charge in [-0.15, -0.1) is 0 Å². The summed E-state index contributed by atoms with van der Waals surface area (Å²) in [4.78, 5) is 21.0.